The van der Waals surface area contributed by atoms with Crippen molar-refractivity contribution in [1.29, 1.82) is 5.26 Å². The largest absolute Gasteiger partial charge is 0.298 e. The van der Waals surface area contributed by atoms with Crippen molar-refractivity contribution in [2.45, 2.75) is 39.0 Å². The van der Waals surface area contributed by atoms with E-state index < -0.39 is 0 Å². The van der Waals surface area contributed by atoms with Crippen LogP contribution in [0.5, 0.6) is 0 Å². The molecule has 0 unspecified atom stereocenters. The number of Topliss-reactive ketones (excluding diaryl/α,β-unsaturated/α-hetero) is 1. The molecule has 0 bridgehead atoms. The first-order valence-electron chi connectivity index (χ1n) is 5.90. The van der Waals surface area contributed by atoms with Crippen LogP contribution in [0.15, 0.2) is 0 Å². The van der Waals surface area contributed by atoms with Gasteiger partial charge in [-0.1, -0.05) is 19.8 Å². The van der Waals surface area contributed by atoms with Crippen molar-refractivity contribution in [1.82, 2.24) is 4.90 Å². The van der Waals surface area contributed by atoms with Gasteiger partial charge in [0.15, 0.2) is 0 Å². The van der Waals surface area contributed by atoms with Crippen molar-refractivity contribution >= 4 is 5.78 Å². The third-order valence-corrected chi connectivity index (χ3v) is 3.18. The number of rotatable bonds is 6. The Labute approximate surface area is 92.1 Å². The van der Waals surface area contributed by atoms with E-state index in [-0.39, 0.29) is 0 Å². The summed E-state index contributed by atoms with van der Waals surface area (Å²) in [5.41, 5.74) is 0. The molecule has 0 atom stereocenters. The second kappa shape index (κ2) is 6.58. The number of hydrogen-bond acceptors (Lipinski definition) is 3. The van der Waals surface area contributed by atoms with E-state index in [1.54, 1.807) is 0 Å². The van der Waals surface area contributed by atoms with Gasteiger partial charge in [-0.05, 0) is 19.4 Å². The summed E-state index contributed by atoms with van der Waals surface area (Å²) in [5.74, 6) is 0.688. The number of hydrogen-bond donors (Lipinski definition) is 0. The maximum absolute atomic E-state index is 11.9. The zero-order valence-corrected chi connectivity index (χ0v) is 9.54. The van der Waals surface area contributed by atoms with Gasteiger partial charge in [-0.15, -0.1) is 0 Å². The van der Waals surface area contributed by atoms with Crippen molar-refractivity contribution in [3.63, 3.8) is 0 Å². The van der Waals surface area contributed by atoms with E-state index in [1.165, 1.54) is 12.8 Å². The summed E-state index contributed by atoms with van der Waals surface area (Å²) in [5, 5.41) is 8.49. The highest BCUT2D eigenvalue weighted by Crippen LogP contribution is 2.25. The smallest absolute Gasteiger partial charge is 0.149 e. The van der Waals surface area contributed by atoms with E-state index in [4.69, 9.17) is 5.26 Å². The van der Waals surface area contributed by atoms with E-state index in [0.29, 0.717) is 24.7 Å². The minimum absolute atomic E-state index is 0.307. The number of carbonyl (C=O) groups is 1. The van der Waals surface area contributed by atoms with Crippen molar-refractivity contribution in [3.05, 3.63) is 0 Å². The van der Waals surface area contributed by atoms with E-state index >= 15 is 0 Å². The summed E-state index contributed by atoms with van der Waals surface area (Å²) in [6.45, 7) is 4.17. The number of carbonyl (C=O) groups excluding carboxylic acids is 1. The maximum atomic E-state index is 11.9. The summed E-state index contributed by atoms with van der Waals surface area (Å²) in [6.07, 6.45) is 5.09. The molecule has 0 aliphatic heterocycles. The Morgan fingerprint density at radius 3 is 2.67 bits per heavy atom. The van der Waals surface area contributed by atoms with Crippen LogP contribution in [-0.4, -0.2) is 30.3 Å². The Morgan fingerprint density at radius 1 is 1.47 bits per heavy atom. The quantitative estimate of drug-likeness (QED) is 0.670. The summed E-state index contributed by atoms with van der Waals surface area (Å²) in [4.78, 5) is 13.9. The van der Waals surface area contributed by atoms with E-state index in [9.17, 15) is 4.79 Å². The Balaban J connectivity index is 2.30. The third-order valence-electron chi connectivity index (χ3n) is 3.18. The number of likely N-dealkylation sites (N-methyl/N-ethyl adjacent to an activating group) is 1. The van der Waals surface area contributed by atoms with Gasteiger partial charge in [-0.2, -0.15) is 5.26 Å². The molecule has 1 saturated carbocycles. The van der Waals surface area contributed by atoms with Crippen LogP contribution < -0.4 is 0 Å². The fourth-order valence-corrected chi connectivity index (χ4v) is 2.15. The average molecular weight is 208 g/mol. The molecule has 0 aromatic rings. The maximum Gasteiger partial charge on any atom is 0.149 e. The molecule has 3 nitrogen and oxygen atoms in total. The second-order valence-electron chi connectivity index (χ2n) is 4.22. The highest BCUT2D eigenvalue weighted by Gasteiger charge is 2.23. The predicted octanol–water partition coefficient (Wildman–Crippen LogP) is 1.98. The van der Waals surface area contributed by atoms with Crippen LogP contribution >= 0.6 is 0 Å². The van der Waals surface area contributed by atoms with Gasteiger partial charge in [0.25, 0.3) is 0 Å². The summed E-state index contributed by atoms with van der Waals surface area (Å²) in [7, 11) is 0. The molecule has 0 radical (unpaired) electrons. The van der Waals surface area contributed by atoms with Crippen LogP contribution in [0.25, 0.3) is 0 Å². The lowest BCUT2D eigenvalue weighted by molar-refractivity contribution is -0.123. The SMILES string of the molecule is CCN(CCC#N)CC(=O)C1CCCC1. The second-order valence-corrected chi connectivity index (χ2v) is 4.22. The zero-order chi connectivity index (χ0) is 11.1. The molecule has 0 aromatic carbocycles. The summed E-state index contributed by atoms with van der Waals surface area (Å²) >= 11 is 0. The van der Waals surface area contributed by atoms with E-state index in [0.717, 1.165) is 25.9 Å². The first-order chi connectivity index (χ1) is 7.27. The van der Waals surface area contributed by atoms with Crippen molar-refractivity contribution in [3.8, 4) is 6.07 Å². The molecule has 84 valence electrons. The lowest BCUT2D eigenvalue weighted by atomic mass is 10.0. The summed E-state index contributed by atoms with van der Waals surface area (Å²) in [6, 6.07) is 2.12. The van der Waals surface area contributed by atoms with Gasteiger partial charge in [0.05, 0.1) is 12.6 Å². The van der Waals surface area contributed by atoms with Crippen molar-refractivity contribution in [2.24, 2.45) is 5.92 Å². The van der Waals surface area contributed by atoms with Crippen molar-refractivity contribution < 1.29 is 4.79 Å². The Morgan fingerprint density at radius 2 is 2.13 bits per heavy atom. The Kier molecular flexibility index (Phi) is 5.34. The number of nitrogens with zero attached hydrogens (tertiary/aromatic N) is 2. The molecular weight excluding hydrogens is 188 g/mol. The van der Waals surface area contributed by atoms with Gasteiger partial charge in [-0.3, -0.25) is 9.69 Å². The van der Waals surface area contributed by atoms with Crippen LogP contribution in [-0.2, 0) is 4.79 Å². The van der Waals surface area contributed by atoms with Gasteiger partial charge < -0.3 is 0 Å². The average Bonchev–Trinajstić information content (AvgIpc) is 2.77. The Bertz CT molecular complexity index is 238. The van der Waals surface area contributed by atoms with E-state index in [1.807, 2.05) is 6.92 Å². The molecule has 0 saturated heterocycles. The third kappa shape index (κ3) is 4.01. The molecule has 1 aliphatic rings. The van der Waals surface area contributed by atoms with Gasteiger partial charge >= 0.3 is 0 Å². The monoisotopic (exact) mass is 208 g/mol. The molecular formula is C12H20N2O. The fraction of sp³-hybridized carbons (Fsp3) is 0.833. The molecule has 0 N–H and O–H groups in total. The van der Waals surface area contributed by atoms with Crippen LogP contribution in [0.1, 0.15) is 39.0 Å². The number of nitriles is 1. The predicted molar refractivity (Wildman–Crippen MR) is 59.3 cm³/mol. The molecule has 1 aliphatic carbocycles. The first-order valence-corrected chi connectivity index (χ1v) is 5.90. The lowest BCUT2D eigenvalue weighted by Crippen LogP contribution is -2.33. The highest BCUT2D eigenvalue weighted by atomic mass is 16.1. The molecule has 0 aromatic heterocycles. The minimum atomic E-state index is 0.307. The van der Waals surface area contributed by atoms with Gasteiger partial charge in [0.1, 0.15) is 5.78 Å². The fourth-order valence-electron chi connectivity index (χ4n) is 2.15. The first kappa shape index (κ1) is 12.2. The van der Waals surface area contributed by atoms with Gasteiger partial charge in [0, 0.05) is 18.9 Å². The normalized spacial score (nSPS) is 16.9. The molecule has 15 heavy (non-hydrogen) atoms. The topological polar surface area (TPSA) is 44.1 Å². The molecule has 1 fully saturated rings. The molecule has 0 spiro atoms. The summed E-state index contributed by atoms with van der Waals surface area (Å²) < 4.78 is 0. The van der Waals surface area contributed by atoms with Crippen LogP contribution in [0.2, 0.25) is 0 Å². The van der Waals surface area contributed by atoms with E-state index in [2.05, 4.69) is 11.0 Å². The van der Waals surface area contributed by atoms with Crippen LogP contribution in [0.3, 0.4) is 0 Å². The molecule has 1 rings (SSSR count). The van der Waals surface area contributed by atoms with Gasteiger partial charge in [-0.25, -0.2) is 0 Å². The van der Waals surface area contributed by atoms with Crippen LogP contribution in [0, 0.1) is 17.2 Å². The zero-order valence-electron chi connectivity index (χ0n) is 9.54. The molecule has 3 heteroatoms. The minimum Gasteiger partial charge on any atom is -0.298 e. The lowest BCUT2D eigenvalue weighted by Gasteiger charge is -2.19. The van der Waals surface area contributed by atoms with Gasteiger partial charge in [0.2, 0.25) is 0 Å². The highest BCUT2D eigenvalue weighted by molar-refractivity contribution is 5.83. The molecule has 0 heterocycles. The van der Waals surface area contributed by atoms with Crippen LogP contribution in [0.4, 0.5) is 0 Å². The Hall–Kier alpha value is -0.880. The molecule has 0 amide bonds. The van der Waals surface area contributed by atoms with Crippen molar-refractivity contribution in [2.75, 3.05) is 19.6 Å². The number of ketones is 1. The standard InChI is InChI=1S/C12H20N2O/c1-2-14(9-5-8-13)10-12(15)11-6-3-4-7-11/h11H,2-7,9-10H2,1H3.